The van der Waals surface area contributed by atoms with Crippen LogP contribution in [-0.2, 0) is 25.4 Å². The molecule has 174 valence electrons. The Hall–Kier alpha value is -4.25. The van der Waals surface area contributed by atoms with Crippen molar-refractivity contribution in [3.63, 3.8) is 0 Å². The average molecular weight is 480 g/mol. The summed E-state index contributed by atoms with van der Waals surface area (Å²) in [5.41, 5.74) is 5.51. The summed E-state index contributed by atoms with van der Waals surface area (Å²) in [6, 6.07) is 13.3. The standard InChI is InChI=1S/C23H21N5O5S/c1-26-20(24)18(21(30)27(2)23(26)32)16(29)13-33-22(31)15-12-28(11-14-7-4-3-5-8-14)25-19(15)17-9-6-10-34-17/h3-10,12H,11,13,24H2,1-2H3. The van der Waals surface area contributed by atoms with Crippen LogP contribution in [-0.4, -0.2) is 37.3 Å². The first-order valence-corrected chi connectivity index (χ1v) is 11.1. The van der Waals surface area contributed by atoms with Gasteiger partial charge in [0.05, 0.1) is 11.4 Å². The first-order chi connectivity index (χ1) is 16.3. The van der Waals surface area contributed by atoms with Gasteiger partial charge in [0, 0.05) is 20.3 Å². The second kappa shape index (κ2) is 9.32. The summed E-state index contributed by atoms with van der Waals surface area (Å²) < 4.78 is 8.62. The number of rotatable bonds is 7. The number of hydrogen-bond donors (Lipinski definition) is 1. The number of ether oxygens (including phenoxy) is 1. The zero-order valence-corrected chi connectivity index (χ0v) is 19.2. The molecule has 1 aromatic carbocycles. The summed E-state index contributed by atoms with van der Waals surface area (Å²) in [5.74, 6) is -1.86. The second-order valence-corrected chi connectivity index (χ2v) is 8.46. The van der Waals surface area contributed by atoms with Crippen molar-refractivity contribution in [2.45, 2.75) is 6.54 Å². The van der Waals surface area contributed by atoms with E-state index in [0.29, 0.717) is 12.2 Å². The third-order valence-corrected chi connectivity index (χ3v) is 6.12. The van der Waals surface area contributed by atoms with Gasteiger partial charge in [-0.05, 0) is 17.0 Å². The highest BCUT2D eigenvalue weighted by molar-refractivity contribution is 7.13. The lowest BCUT2D eigenvalue weighted by molar-refractivity contribution is 0.0475. The molecule has 0 saturated heterocycles. The Morgan fingerprint density at radius 3 is 2.47 bits per heavy atom. The van der Waals surface area contributed by atoms with Gasteiger partial charge < -0.3 is 10.5 Å². The zero-order chi connectivity index (χ0) is 24.4. The first kappa shape index (κ1) is 22.9. The number of esters is 1. The number of nitrogens with zero attached hydrogens (tertiary/aromatic N) is 4. The number of Topliss-reactive ketones (excluding diaryl/α,β-unsaturated/α-hetero) is 1. The Morgan fingerprint density at radius 2 is 1.79 bits per heavy atom. The molecule has 0 aliphatic carbocycles. The second-order valence-electron chi connectivity index (χ2n) is 7.52. The fourth-order valence-electron chi connectivity index (χ4n) is 3.42. The monoisotopic (exact) mass is 479 g/mol. The smallest absolute Gasteiger partial charge is 0.342 e. The molecule has 0 spiro atoms. The molecule has 0 radical (unpaired) electrons. The lowest BCUT2D eigenvalue weighted by Crippen LogP contribution is -2.42. The molecule has 2 N–H and O–H groups in total. The fraction of sp³-hybridized carbons (Fsp3) is 0.174. The van der Waals surface area contributed by atoms with E-state index in [1.165, 1.54) is 25.4 Å². The molecule has 0 unspecified atom stereocenters. The summed E-state index contributed by atoms with van der Waals surface area (Å²) in [6.45, 7) is -0.278. The van der Waals surface area contributed by atoms with E-state index >= 15 is 0 Å². The van der Waals surface area contributed by atoms with Crippen LogP contribution in [0.15, 0.2) is 63.6 Å². The minimum Gasteiger partial charge on any atom is -0.454 e. The Labute approximate surface area is 197 Å². The van der Waals surface area contributed by atoms with Gasteiger partial charge in [-0.2, -0.15) is 5.10 Å². The summed E-state index contributed by atoms with van der Waals surface area (Å²) in [7, 11) is 2.58. The number of carbonyl (C=O) groups is 2. The maximum Gasteiger partial charge on any atom is 0.342 e. The number of thiophene rings is 1. The van der Waals surface area contributed by atoms with E-state index in [1.807, 2.05) is 47.8 Å². The van der Waals surface area contributed by atoms with Crippen molar-refractivity contribution in [2.75, 3.05) is 12.3 Å². The number of ketones is 1. The maximum atomic E-state index is 12.9. The van der Waals surface area contributed by atoms with Gasteiger partial charge in [-0.15, -0.1) is 11.3 Å². The number of nitrogens with two attached hydrogens (primary N) is 1. The van der Waals surface area contributed by atoms with Crippen LogP contribution in [0.25, 0.3) is 10.6 Å². The summed E-state index contributed by atoms with van der Waals surface area (Å²) in [4.78, 5) is 50.7. The maximum absolute atomic E-state index is 12.9. The predicted octanol–water partition coefficient (Wildman–Crippen LogP) is 1.68. The third-order valence-electron chi connectivity index (χ3n) is 5.25. The molecule has 10 nitrogen and oxygen atoms in total. The van der Waals surface area contributed by atoms with Crippen LogP contribution in [0.5, 0.6) is 0 Å². The zero-order valence-electron chi connectivity index (χ0n) is 18.4. The molecule has 11 heteroatoms. The van der Waals surface area contributed by atoms with Crippen molar-refractivity contribution < 1.29 is 14.3 Å². The Kier molecular flexibility index (Phi) is 6.28. The van der Waals surface area contributed by atoms with Crippen LogP contribution >= 0.6 is 11.3 Å². The van der Waals surface area contributed by atoms with Gasteiger partial charge in [-0.3, -0.25) is 23.4 Å². The van der Waals surface area contributed by atoms with Gasteiger partial charge in [0.15, 0.2) is 6.61 Å². The van der Waals surface area contributed by atoms with Crippen LogP contribution in [0.3, 0.4) is 0 Å². The quantitative estimate of drug-likeness (QED) is 0.315. The number of benzene rings is 1. The van der Waals surface area contributed by atoms with Crippen molar-refractivity contribution in [1.29, 1.82) is 0 Å². The van der Waals surface area contributed by atoms with Crippen molar-refractivity contribution in [3.05, 3.63) is 91.6 Å². The summed E-state index contributed by atoms with van der Waals surface area (Å²) >= 11 is 1.41. The summed E-state index contributed by atoms with van der Waals surface area (Å²) in [5, 5.41) is 6.41. The molecule has 0 fully saturated rings. The molecule has 4 rings (SSSR count). The van der Waals surface area contributed by atoms with Crippen LogP contribution < -0.4 is 17.0 Å². The van der Waals surface area contributed by atoms with Crippen molar-refractivity contribution in [1.82, 2.24) is 18.9 Å². The van der Waals surface area contributed by atoms with Crippen molar-refractivity contribution in [2.24, 2.45) is 14.1 Å². The SMILES string of the molecule is Cn1c(N)c(C(=O)COC(=O)c2cn(Cc3ccccc3)nc2-c2cccs2)c(=O)n(C)c1=O. The Bertz CT molecular complexity index is 1480. The molecule has 0 atom stereocenters. The highest BCUT2D eigenvalue weighted by atomic mass is 32.1. The van der Waals surface area contributed by atoms with Crippen LogP contribution in [0.4, 0.5) is 5.82 Å². The van der Waals surface area contributed by atoms with Crippen molar-refractivity contribution >= 4 is 28.9 Å². The van der Waals surface area contributed by atoms with Crippen LogP contribution in [0.2, 0.25) is 0 Å². The van der Waals surface area contributed by atoms with Gasteiger partial charge in [-0.25, -0.2) is 9.59 Å². The molecule has 0 amide bonds. The normalized spacial score (nSPS) is 10.9. The lowest BCUT2D eigenvalue weighted by Gasteiger charge is -2.11. The molecule has 34 heavy (non-hydrogen) atoms. The molecule has 0 saturated carbocycles. The van der Waals surface area contributed by atoms with Gasteiger partial charge in [0.25, 0.3) is 5.56 Å². The van der Waals surface area contributed by atoms with E-state index < -0.39 is 35.2 Å². The topological polar surface area (TPSA) is 131 Å². The lowest BCUT2D eigenvalue weighted by atomic mass is 10.2. The highest BCUT2D eigenvalue weighted by Gasteiger charge is 2.24. The van der Waals surface area contributed by atoms with Gasteiger partial charge in [-0.1, -0.05) is 36.4 Å². The molecule has 3 aromatic heterocycles. The molecule has 0 aliphatic rings. The Balaban J connectivity index is 1.59. The van der Waals surface area contributed by atoms with Crippen molar-refractivity contribution in [3.8, 4) is 10.6 Å². The predicted molar refractivity (Wildman–Crippen MR) is 127 cm³/mol. The van der Waals surface area contributed by atoms with E-state index in [4.69, 9.17) is 10.5 Å². The first-order valence-electron chi connectivity index (χ1n) is 10.2. The van der Waals surface area contributed by atoms with Crippen LogP contribution in [0.1, 0.15) is 26.3 Å². The summed E-state index contributed by atoms with van der Waals surface area (Å²) in [6.07, 6.45) is 1.56. The van der Waals surface area contributed by atoms with Gasteiger partial charge in [0.2, 0.25) is 5.78 Å². The molecular weight excluding hydrogens is 458 g/mol. The molecule has 0 aliphatic heterocycles. The van der Waals surface area contributed by atoms with E-state index in [0.717, 1.165) is 19.6 Å². The number of nitrogen functional groups attached to an aromatic ring is 1. The average Bonchev–Trinajstić information content (AvgIpc) is 3.51. The number of carbonyl (C=O) groups excluding carboxylic acids is 2. The number of aromatic nitrogens is 4. The molecule has 3 heterocycles. The van der Waals surface area contributed by atoms with E-state index in [-0.39, 0.29) is 11.4 Å². The largest absolute Gasteiger partial charge is 0.454 e. The minimum absolute atomic E-state index is 0.188. The minimum atomic E-state index is -0.850. The molecular formula is C23H21N5O5S. The molecule has 4 aromatic rings. The van der Waals surface area contributed by atoms with E-state index in [9.17, 15) is 19.2 Å². The fourth-order valence-corrected chi connectivity index (χ4v) is 4.14. The van der Waals surface area contributed by atoms with Crippen LogP contribution in [0, 0.1) is 0 Å². The van der Waals surface area contributed by atoms with E-state index in [1.54, 1.807) is 10.9 Å². The highest BCUT2D eigenvalue weighted by Crippen LogP contribution is 2.27. The Morgan fingerprint density at radius 1 is 1.06 bits per heavy atom. The molecule has 0 bridgehead atoms. The van der Waals surface area contributed by atoms with Gasteiger partial charge in [0.1, 0.15) is 22.6 Å². The number of anilines is 1. The third kappa shape index (κ3) is 4.33. The number of hydrogen-bond acceptors (Lipinski definition) is 8. The van der Waals surface area contributed by atoms with E-state index in [2.05, 4.69) is 5.10 Å². The van der Waals surface area contributed by atoms with Gasteiger partial charge >= 0.3 is 11.7 Å².